The normalized spacial score (nSPS) is 12.6. The van der Waals surface area contributed by atoms with Crippen LogP contribution < -0.4 is 0 Å². The van der Waals surface area contributed by atoms with Crippen LogP contribution in [0.15, 0.2) is 84.0 Å². The highest BCUT2D eigenvalue weighted by atomic mass is 32.2. The first kappa shape index (κ1) is 29.1. The Balaban J connectivity index is 1.49. The molecule has 4 rings (SSSR count). The average molecular weight is 577 g/mol. The smallest absolute Gasteiger partial charge is 0.206 e. The van der Waals surface area contributed by atoms with Gasteiger partial charge in [-0.3, -0.25) is 0 Å². The summed E-state index contributed by atoms with van der Waals surface area (Å²) < 4.78 is 109. The van der Waals surface area contributed by atoms with Gasteiger partial charge in [0.2, 0.25) is 0 Å². The van der Waals surface area contributed by atoms with Crippen LogP contribution >= 0.6 is 11.8 Å². The molecular formula is C31H20F8S. The van der Waals surface area contributed by atoms with Gasteiger partial charge in [0.15, 0.2) is 11.0 Å². The van der Waals surface area contributed by atoms with Crippen LogP contribution in [0.25, 0.3) is 40.2 Å². The summed E-state index contributed by atoms with van der Waals surface area (Å²) in [6.45, 7) is 1.73. The Morgan fingerprint density at radius 2 is 1.18 bits per heavy atom. The van der Waals surface area contributed by atoms with Crippen LogP contribution in [0.1, 0.15) is 29.2 Å². The number of thioether (sulfide) groups is 1. The number of rotatable bonds is 7. The molecule has 0 unspecified atom stereocenters. The molecule has 0 radical (unpaired) electrons. The zero-order valence-corrected chi connectivity index (χ0v) is 21.6. The second kappa shape index (κ2) is 12.1. The molecular weight excluding hydrogens is 556 g/mol. The summed E-state index contributed by atoms with van der Waals surface area (Å²) >= 11 is 0.790. The molecule has 0 aromatic heterocycles. The molecule has 0 bridgehead atoms. The Morgan fingerprint density at radius 3 is 1.68 bits per heavy atom. The Labute approximate surface area is 229 Å². The summed E-state index contributed by atoms with van der Waals surface area (Å²) in [5.74, 6) is -4.99. The lowest BCUT2D eigenvalue weighted by atomic mass is 9.97. The highest BCUT2D eigenvalue weighted by Gasteiger charge is 2.38. The van der Waals surface area contributed by atoms with E-state index in [0.717, 1.165) is 29.0 Å². The summed E-state index contributed by atoms with van der Waals surface area (Å²) in [7, 11) is 0. The van der Waals surface area contributed by atoms with Crippen LogP contribution in [-0.2, 0) is 6.18 Å². The van der Waals surface area contributed by atoms with Crippen LogP contribution in [0.4, 0.5) is 35.1 Å². The van der Waals surface area contributed by atoms with E-state index in [0.29, 0.717) is 29.0 Å². The molecule has 0 spiro atoms. The standard InChI is InChI=1S/C31H20F8S/c1-2-40-30(36)29(35)21-11-7-19(8-12-21)4-3-18-5-9-20(10-6-18)22-13-14-24(25(32)15-22)23-16-26(33)28(27(34)17-23)31(37,38)39/h3-17H,2H2,1H3. The molecule has 0 saturated heterocycles. The van der Waals surface area contributed by atoms with Crippen molar-refractivity contribution in [2.45, 2.75) is 13.1 Å². The van der Waals surface area contributed by atoms with E-state index in [9.17, 15) is 35.1 Å². The average Bonchev–Trinajstić information content (AvgIpc) is 2.91. The van der Waals surface area contributed by atoms with E-state index in [2.05, 4.69) is 0 Å². The van der Waals surface area contributed by atoms with Crippen LogP contribution in [0.3, 0.4) is 0 Å². The van der Waals surface area contributed by atoms with E-state index in [1.165, 1.54) is 24.3 Å². The van der Waals surface area contributed by atoms with Crippen molar-refractivity contribution in [2.24, 2.45) is 0 Å². The zero-order valence-electron chi connectivity index (χ0n) is 20.8. The molecule has 4 aromatic carbocycles. The van der Waals surface area contributed by atoms with Gasteiger partial charge in [0.05, 0.1) is 0 Å². The Bertz CT molecular complexity index is 1540. The molecule has 9 heteroatoms. The molecule has 206 valence electrons. The topological polar surface area (TPSA) is 0 Å². The molecule has 0 saturated carbocycles. The Hall–Kier alpha value is -3.85. The van der Waals surface area contributed by atoms with Gasteiger partial charge in [-0.1, -0.05) is 91.5 Å². The van der Waals surface area contributed by atoms with E-state index < -0.39 is 40.2 Å². The molecule has 0 fully saturated rings. The highest BCUT2D eigenvalue weighted by Crippen LogP contribution is 2.37. The van der Waals surface area contributed by atoms with Crippen LogP contribution in [0.5, 0.6) is 0 Å². The number of benzene rings is 4. The number of hydrogen-bond donors (Lipinski definition) is 0. The fourth-order valence-electron chi connectivity index (χ4n) is 3.95. The van der Waals surface area contributed by atoms with Crippen molar-refractivity contribution in [1.82, 2.24) is 0 Å². The maximum Gasteiger partial charge on any atom is 0.422 e. The maximum absolute atomic E-state index is 14.8. The molecule has 40 heavy (non-hydrogen) atoms. The molecule has 0 aliphatic carbocycles. The lowest BCUT2D eigenvalue weighted by Crippen LogP contribution is -2.11. The van der Waals surface area contributed by atoms with Crippen molar-refractivity contribution < 1.29 is 35.1 Å². The van der Waals surface area contributed by atoms with Gasteiger partial charge in [-0.15, -0.1) is 0 Å². The van der Waals surface area contributed by atoms with Gasteiger partial charge in [0, 0.05) is 11.1 Å². The first-order chi connectivity index (χ1) is 19.0. The predicted molar refractivity (Wildman–Crippen MR) is 145 cm³/mol. The summed E-state index contributed by atoms with van der Waals surface area (Å²) in [6.07, 6.45) is -1.63. The van der Waals surface area contributed by atoms with Gasteiger partial charge >= 0.3 is 6.18 Å². The van der Waals surface area contributed by atoms with Gasteiger partial charge in [-0.25, -0.2) is 17.6 Å². The lowest BCUT2D eigenvalue weighted by Gasteiger charge is -2.12. The quantitative estimate of drug-likeness (QED) is 0.156. The largest absolute Gasteiger partial charge is 0.422 e. The van der Waals surface area contributed by atoms with Crippen LogP contribution in [-0.4, -0.2) is 5.75 Å². The third-order valence-corrected chi connectivity index (χ3v) is 6.65. The van der Waals surface area contributed by atoms with Crippen molar-refractivity contribution in [3.63, 3.8) is 0 Å². The second-order valence-corrected chi connectivity index (χ2v) is 9.83. The Kier molecular flexibility index (Phi) is 8.83. The SMILES string of the molecule is CCSC(F)=C(F)c1ccc(C=Cc2ccc(-c3ccc(-c4cc(F)c(C(F)(F)F)c(F)c4)c(F)c3)cc2)cc1. The fourth-order valence-corrected chi connectivity index (χ4v) is 4.45. The summed E-state index contributed by atoms with van der Waals surface area (Å²) in [4.78, 5) is 0. The number of hydrogen-bond acceptors (Lipinski definition) is 1. The predicted octanol–water partition coefficient (Wildman–Crippen LogP) is 10.9. The van der Waals surface area contributed by atoms with Crippen molar-refractivity contribution >= 4 is 29.7 Å². The maximum atomic E-state index is 14.8. The van der Waals surface area contributed by atoms with Gasteiger partial charge in [-0.05, 0) is 51.8 Å². The van der Waals surface area contributed by atoms with Crippen molar-refractivity contribution in [3.8, 4) is 22.3 Å². The first-order valence-electron chi connectivity index (χ1n) is 11.9. The van der Waals surface area contributed by atoms with Gasteiger partial charge < -0.3 is 0 Å². The molecule has 0 nitrogen and oxygen atoms in total. The van der Waals surface area contributed by atoms with E-state index in [-0.39, 0.29) is 16.7 Å². The fraction of sp³-hybridized carbons (Fsp3) is 0.0968. The van der Waals surface area contributed by atoms with Crippen LogP contribution in [0, 0.1) is 17.5 Å². The third-order valence-electron chi connectivity index (χ3n) is 5.93. The van der Waals surface area contributed by atoms with Crippen molar-refractivity contribution in [3.05, 3.63) is 124 Å². The summed E-state index contributed by atoms with van der Waals surface area (Å²) in [5, 5.41) is -0.859. The Morgan fingerprint density at radius 1 is 0.675 bits per heavy atom. The highest BCUT2D eigenvalue weighted by molar-refractivity contribution is 8.03. The number of halogens is 8. The van der Waals surface area contributed by atoms with E-state index in [1.807, 2.05) is 0 Å². The minimum Gasteiger partial charge on any atom is -0.206 e. The molecule has 4 aromatic rings. The monoisotopic (exact) mass is 576 g/mol. The van der Waals surface area contributed by atoms with Gasteiger partial charge in [-0.2, -0.15) is 17.6 Å². The first-order valence-corrected chi connectivity index (χ1v) is 12.9. The summed E-state index contributed by atoms with van der Waals surface area (Å²) in [5.41, 5.74) is 0.159. The van der Waals surface area contributed by atoms with E-state index >= 15 is 0 Å². The van der Waals surface area contributed by atoms with Crippen LogP contribution in [0.2, 0.25) is 0 Å². The molecule has 0 aliphatic heterocycles. The van der Waals surface area contributed by atoms with E-state index in [4.69, 9.17) is 0 Å². The minimum absolute atomic E-state index is 0.145. The zero-order chi connectivity index (χ0) is 29.0. The molecule has 0 heterocycles. The molecule has 0 N–H and O–H groups in total. The number of alkyl halides is 3. The van der Waals surface area contributed by atoms with Gasteiger partial charge in [0.1, 0.15) is 23.0 Å². The van der Waals surface area contributed by atoms with Crippen molar-refractivity contribution in [1.29, 1.82) is 0 Å². The third kappa shape index (κ3) is 6.65. The van der Waals surface area contributed by atoms with E-state index in [1.54, 1.807) is 55.5 Å². The minimum atomic E-state index is -5.22. The molecule has 0 aliphatic rings. The molecule has 0 atom stereocenters. The lowest BCUT2D eigenvalue weighted by molar-refractivity contribution is -0.142. The summed E-state index contributed by atoms with van der Waals surface area (Å²) in [6, 6.07) is 18.0. The molecule has 0 amide bonds. The van der Waals surface area contributed by atoms with Gasteiger partial charge in [0.25, 0.3) is 0 Å². The van der Waals surface area contributed by atoms with Crippen molar-refractivity contribution in [2.75, 3.05) is 5.75 Å². The second-order valence-electron chi connectivity index (χ2n) is 8.61.